The van der Waals surface area contributed by atoms with Crippen molar-refractivity contribution >= 4 is 0 Å². The van der Waals surface area contributed by atoms with Crippen LogP contribution in [0.5, 0.6) is 0 Å². The van der Waals surface area contributed by atoms with E-state index in [0.29, 0.717) is 0 Å². The van der Waals surface area contributed by atoms with Crippen LogP contribution in [-0.2, 0) is 0 Å². The van der Waals surface area contributed by atoms with Crippen molar-refractivity contribution in [2.75, 3.05) is 0 Å². The second-order valence-electron chi connectivity index (χ2n) is 3.08. The Morgan fingerprint density at radius 3 is 3.00 bits per heavy atom. The molecule has 5 nitrogen and oxygen atoms in total. The number of rotatable bonds is 2. The van der Waals surface area contributed by atoms with Crippen molar-refractivity contribution in [2.45, 2.75) is 13.0 Å². The number of nitrogens with two attached hydrogens (primary N) is 1. The van der Waals surface area contributed by atoms with E-state index in [4.69, 9.17) is 5.73 Å². The second-order valence-corrected chi connectivity index (χ2v) is 3.08. The van der Waals surface area contributed by atoms with Gasteiger partial charge in [-0.1, -0.05) is 0 Å². The molecule has 14 heavy (non-hydrogen) atoms. The third-order valence-electron chi connectivity index (χ3n) is 1.95. The predicted octanol–water partition coefficient (Wildman–Crippen LogP) is 0.682. The van der Waals surface area contributed by atoms with Crippen molar-refractivity contribution in [3.05, 3.63) is 36.5 Å². The average molecular weight is 189 g/mol. The minimum Gasteiger partial charge on any atom is -0.324 e. The molecule has 0 saturated heterocycles. The molecule has 2 heterocycles. The van der Waals surface area contributed by atoms with Gasteiger partial charge in [0.05, 0.1) is 0 Å². The van der Waals surface area contributed by atoms with Crippen LogP contribution >= 0.6 is 0 Å². The van der Waals surface area contributed by atoms with Crippen LogP contribution in [0, 0.1) is 0 Å². The first-order valence-corrected chi connectivity index (χ1v) is 4.34. The van der Waals surface area contributed by atoms with E-state index in [-0.39, 0.29) is 6.04 Å². The topological polar surface area (TPSA) is 69.6 Å². The highest BCUT2D eigenvalue weighted by Crippen LogP contribution is 2.11. The number of pyridine rings is 1. The molecule has 0 radical (unpaired) electrons. The third-order valence-corrected chi connectivity index (χ3v) is 1.95. The zero-order valence-corrected chi connectivity index (χ0v) is 7.83. The summed E-state index contributed by atoms with van der Waals surface area (Å²) in [5, 5.41) is 3.99. The lowest BCUT2D eigenvalue weighted by Gasteiger charge is -2.06. The van der Waals surface area contributed by atoms with Gasteiger partial charge >= 0.3 is 0 Å². The maximum atomic E-state index is 5.76. The monoisotopic (exact) mass is 189 g/mol. The summed E-state index contributed by atoms with van der Waals surface area (Å²) < 4.78 is 1.60. The molecule has 1 atom stereocenters. The van der Waals surface area contributed by atoms with E-state index in [1.165, 1.54) is 6.33 Å². The smallest absolute Gasteiger partial charge is 0.155 e. The van der Waals surface area contributed by atoms with Gasteiger partial charge in [-0.05, 0) is 24.6 Å². The summed E-state index contributed by atoms with van der Waals surface area (Å²) in [5.74, 6) is 0.734. The molecule has 0 aromatic carbocycles. The maximum Gasteiger partial charge on any atom is 0.155 e. The molecule has 0 aliphatic rings. The average Bonchev–Trinajstić information content (AvgIpc) is 2.71. The lowest BCUT2D eigenvalue weighted by Crippen LogP contribution is -2.07. The molecule has 0 spiro atoms. The molecule has 2 aromatic heterocycles. The Kier molecular flexibility index (Phi) is 2.24. The van der Waals surface area contributed by atoms with Gasteiger partial charge in [0.2, 0.25) is 0 Å². The van der Waals surface area contributed by atoms with Gasteiger partial charge in [-0.25, -0.2) is 14.6 Å². The second kappa shape index (κ2) is 3.55. The summed E-state index contributed by atoms with van der Waals surface area (Å²) in [4.78, 5) is 8.02. The van der Waals surface area contributed by atoms with Crippen LogP contribution in [0.25, 0.3) is 5.82 Å². The van der Waals surface area contributed by atoms with Gasteiger partial charge < -0.3 is 5.73 Å². The SMILES string of the molecule is C[C@H](N)c1ccnc(-n2cncn2)c1. The van der Waals surface area contributed by atoms with Gasteiger partial charge in [-0.2, -0.15) is 5.10 Å². The summed E-state index contributed by atoms with van der Waals surface area (Å²) >= 11 is 0. The molecule has 72 valence electrons. The third kappa shape index (κ3) is 1.62. The van der Waals surface area contributed by atoms with Crippen molar-refractivity contribution < 1.29 is 0 Å². The quantitative estimate of drug-likeness (QED) is 0.754. The highest BCUT2D eigenvalue weighted by atomic mass is 15.3. The minimum atomic E-state index is 0.000251. The van der Waals surface area contributed by atoms with E-state index in [1.807, 2.05) is 19.1 Å². The lowest BCUT2D eigenvalue weighted by atomic mass is 10.1. The van der Waals surface area contributed by atoms with Gasteiger partial charge in [0.1, 0.15) is 12.7 Å². The molecule has 0 saturated carbocycles. The first-order valence-electron chi connectivity index (χ1n) is 4.34. The Labute approximate surface area is 81.6 Å². The van der Waals surface area contributed by atoms with E-state index in [2.05, 4.69) is 15.1 Å². The molecular formula is C9H11N5. The van der Waals surface area contributed by atoms with Crippen LogP contribution in [0.4, 0.5) is 0 Å². The fourth-order valence-corrected chi connectivity index (χ4v) is 1.17. The van der Waals surface area contributed by atoms with Gasteiger partial charge in [0.25, 0.3) is 0 Å². The maximum absolute atomic E-state index is 5.76. The summed E-state index contributed by atoms with van der Waals surface area (Å²) in [6.45, 7) is 1.93. The first kappa shape index (κ1) is 8.83. The van der Waals surface area contributed by atoms with E-state index < -0.39 is 0 Å². The molecule has 0 aliphatic carbocycles. The molecule has 0 fully saturated rings. The van der Waals surface area contributed by atoms with Gasteiger partial charge in [0, 0.05) is 12.2 Å². The molecule has 0 aliphatic heterocycles. The summed E-state index contributed by atoms with van der Waals surface area (Å²) in [5.41, 5.74) is 6.80. The normalized spacial score (nSPS) is 12.7. The largest absolute Gasteiger partial charge is 0.324 e. The van der Waals surface area contributed by atoms with Crippen LogP contribution in [-0.4, -0.2) is 19.7 Å². The van der Waals surface area contributed by atoms with E-state index in [1.54, 1.807) is 17.2 Å². The van der Waals surface area contributed by atoms with E-state index in [0.717, 1.165) is 11.4 Å². The standard InChI is InChI=1S/C9H11N5/c1-7(10)8-2-3-12-9(4-8)14-6-11-5-13-14/h2-7H,10H2,1H3/t7-/m0/s1. The zero-order valence-electron chi connectivity index (χ0n) is 7.83. The minimum absolute atomic E-state index is 0.000251. The van der Waals surface area contributed by atoms with Gasteiger partial charge in [-0.3, -0.25) is 0 Å². The Balaban J connectivity index is 2.41. The van der Waals surface area contributed by atoms with Crippen molar-refractivity contribution in [2.24, 2.45) is 5.73 Å². The Morgan fingerprint density at radius 2 is 2.36 bits per heavy atom. The molecular weight excluding hydrogens is 178 g/mol. The fourth-order valence-electron chi connectivity index (χ4n) is 1.17. The van der Waals surface area contributed by atoms with Crippen LogP contribution in [0.2, 0.25) is 0 Å². The summed E-state index contributed by atoms with van der Waals surface area (Å²) in [6, 6.07) is 3.80. The van der Waals surface area contributed by atoms with Crippen LogP contribution in [0.15, 0.2) is 31.0 Å². The number of nitrogens with zero attached hydrogens (tertiary/aromatic N) is 4. The molecule has 2 N–H and O–H groups in total. The van der Waals surface area contributed by atoms with Crippen LogP contribution < -0.4 is 5.73 Å². The fraction of sp³-hybridized carbons (Fsp3) is 0.222. The Hall–Kier alpha value is -1.75. The molecule has 2 aromatic rings. The molecule has 0 bridgehead atoms. The highest BCUT2D eigenvalue weighted by Gasteiger charge is 2.02. The zero-order chi connectivity index (χ0) is 9.97. The van der Waals surface area contributed by atoms with Crippen molar-refractivity contribution in [3.63, 3.8) is 0 Å². The summed E-state index contributed by atoms with van der Waals surface area (Å²) in [6.07, 6.45) is 4.79. The number of aromatic nitrogens is 4. The number of hydrogen-bond donors (Lipinski definition) is 1. The lowest BCUT2D eigenvalue weighted by molar-refractivity contribution is 0.796. The van der Waals surface area contributed by atoms with E-state index in [9.17, 15) is 0 Å². The Bertz CT molecular complexity index is 407. The molecule has 5 heteroatoms. The van der Waals surface area contributed by atoms with Crippen molar-refractivity contribution in [3.8, 4) is 5.82 Å². The van der Waals surface area contributed by atoms with Crippen molar-refractivity contribution in [1.82, 2.24) is 19.7 Å². The van der Waals surface area contributed by atoms with Crippen LogP contribution in [0.3, 0.4) is 0 Å². The van der Waals surface area contributed by atoms with Gasteiger partial charge in [0.15, 0.2) is 5.82 Å². The molecule has 0 amide bonds. The summed E-state index contributed by atoms with van der Waals surface area (Å²) in [7, 11) is 0. The Morgan fingerprint density at radius 1 is 1.50 bits per heavy atom. The van der Waals surface area contributed by atoms with E-state index >= 15 is 0 Å². The molecule has 0 unspecified atom stereocenters. The molecule has 2 rings (SSSR count). The van der Waals surface area contributed by atoms with Gasteiger partial charge in [-0.15, -0.1) is 0 Å². The van der Waals surface area contributed by atoms with Crippen molar-refractivity contribution in [1.29, 1.82) is 0 Å². The predicted molar refractivity (Wildman–Crippen MR) is 51.8 cm³/mol. The first-order chi connectivity index (χ1) is 6.77. The van der Waals surface area contributed by atoms with Crippen LogP contribution in [0.1, 0.15) is 18.5 Å². The number of hydrogen-bond acceptors (Lipinski definition) is 4. The highest BCUT2D eigenvalue weighted by molar-refractivity contribution is 5.27.